The highest BCUT2D eigenvalue weighted by Gasteiger charge is 2.23. The third kappa shape index (κ3) is 2.43. The van der Waals surface area contributed by atoms with E-state index in [-0.39, 0.29) is 0 Å². The number of rotatable bonds is 0. The molecule has 4 heteroatoms. The van der Waals surface area contributed by atoms with Gasteiger partial charge in [-0.3, -0.25) is 4.99 Å². The number of likely N-dealkylation sites (N-methyl/N-ethyl adjacent to an activating group) is 1. The topological polar surface area (TPSA) is 22.1 Å². The molecule has 0 aromatic heterocycles. The van der Waals surface area contributed by atoms with Gasteiger partial charge in [0.05, 0.1) is 0 Å². The van der Waals surface area contributed by atoms with Gasteiger partial charge in [-0.25, -0.2) is 0 Å². The Morgan fingerprint density at radius 2 is 1.40 bits per heavy atom. The molecule has 0 aromatic carbocycles. The van der Waals surface area contributed by atoms with Crippen molar-refractivity contribution in [2.75, 3.05) is 53.4 Å². The number of hydrogen-bond donors (Lipinski definition) is 0. The van der Waals surface area contributed by atoms with Gasteiger partial charge in [0.15, 0.2) is 5.96 Å². The molecule has 0 spiro atoms. The molecule has 2 heterocycles. The van der Waals surface area contributed by atoms with Crippen LogP contribution in [0.25, 0.3) is 0 Å². The summed E-state index contributed by atoms with van der Waals surface area (Å²) in [4.78, 5) is 11.7. The predicted octanol–water partition coefficient (Wildman–Crippen LogP) is 0.315. The van der Waals surface area contributed by atoms with E-state index in [0.29, 0.717) is 0 Å². The lowest BCUT2D eigenvalue weighted by molar-refractivity contribution is 0.200. The molecule has 0 saturated carbocycles. The zero-order valence-corrected chi connectivity index (χ0v) is 9.95. The standard InChI is InChI=1S/C11H22N4/c1-12-11(14-5-3-4-6-14)15-9-7-13(2)8-10-15/h3-10H2,1-2H3/b12-11+. The van der Waals surface area contributed by atoms with Crippen LogP contribution >= 0.6 is 0 Å². The summed E-state index contributed by atoms with van der Waals surface area (Å²) in [5, 5.41) is 0. The molecule has 15 heavy (non-hydrogen) atoms. The van der Waals surface area contributed by atoms with Crippen molar-refractivity contribution in [1.29, 1.82) is 0 Å². The Kier molecular flexibility index (Phi) is 3.46. The van der Waals surface area contributed by atoms with E-state index in [1.165, 1.54) is 31.9 Å². The van der Waals surface area contributed by atoms with Gasteiger partial charge in [0.25, 0.3) is 0 Å². The number of likely N-dealkylation sites (tertiary alicyclic amines) is 1. The summed E-state index contributed by atoms with van der Waals surface area (Å²) < 4.78 is 0. The van der Waals surface area contributed by atoms with Crippen LogP contribution in [0.4, 0.5) is 0 Å². The molecule has 86 valence electrons. The van der Waals surface area contributed by atoms with E-state index in [9.17, 15) is 0 Å². The molecular formula is C11H22N4. The van der Waals surface area contributed by atoms with Gasteiger partial charge in [-0.05, 0) is 19.9 Å². The second-order valence-electron chi connectivity index (χ2n) is 4.51. The first kappa shape index (κ1) is 10.7. The Balaban J connectivity index is 1.94. The highest BCUT2D eigenvalue weighted by molar-refractivity contribution is 5.80. The van der Waals surface area contributed by atoms with Gasteiger partial charge in [-0.2, -0.15) is 0 Å². The highest BCUT2D eigenvalue weighted by atomic mass is 15.4. The van der Waals surface area contributed by atoms with Crippen LogP contribution in [0, 0.1) is 0 Å². The van der Waals surface area contributed by atoms with E-state index in [0.717, 1.165) is 26.2 Å². The molecule has 0 unspecified atom stereocenters. The van der Waals surface area contributed by atoms with Crippen molar-refractivity contribution in [3.63, 3.8) is 0 Å². The minimum Gasteiger partial charge on any atom is -0.343 e. The minimum atomic E-state index is 1.12. The highest BCUT2D eigenvalue weighted by Crippen LogP contribution is 2.12. The SMILES string of the molecule is C/N=C(\N1CCCC1)N1CCN(C)CC1. The van der Waals surface area contributed by atoms with Gasteiger partial charge >= 0.3 is 0 Å². The van der Waals surface area contributed by atoms with Crippen LogP contribution in [0.15, 0.2) is 4.99 Å². The van der Waals surface area contributed by atoms with Crippen molar-refractivity contribution in [1.82, 2.24) is 14.7 Å². The van der Waals surface area contributed by atoms with E-state index in [2.05, 4.69) is 26.7 Å². The summed E-state index contributed by atoms with van der Waals surface area (Å²) in [6, 6.07) is 0. The van der Waals surface area contributed by atoms with Crippen molar-refractivity contribution in [2.24, 2.45) is 4.99 Å². The van der Waals surface area contributed by atoms with E-state index in [1.54, 1.807) is 0 Å². The van der Waals surface area contributed by atoms with E-state index in [1.807, 2.05) is 7.05 Å². The van der Waals surface area contributed by atoms with Crippen LogP contribution < -0.4 is 0 Å². The fraction of sp³-hybridized carbons (Fsp3) is 0.909. The summed E-state index contributed by atoms with van der Waals surface area (Å²) in [6.45, 7) is 6.96. The number of piperazine rings is 1. The lowest BCUT2D eigenvalue weighted by Gasteiger charge is -2.37. The summed E-state index contributed by atoms with van der Waals surface area (Å²) >= 11 is 0. The molecule has 0 bridgehead atoms. The molecule has 2 aliphatic heterocycles. The molecule has 0 aromatic rings. The van der Waals surface area contributed by atoms with E-state index in [4.69, 9.17) is 0 Å². The summed E-state index contributed by atoms with van der Waals surface area (Å²) in [5.41, 5.74) is 0. The second kappa shape index (κ2) is 4.84. The van der Waals surface area contributed by atoms with Gasteiger partial charge in [-0.15, -0.1) is 0 Å². The molecule has 0 aliphatic carbocycles. The smallest absolute Gasteiger partial charge is 0.196 e. The number of nitrogens with zero attached hydrogens (tertiary/aromatic N) is 4. The lowest BCUT2D eigenvalue weighted by Crippen LogP contribution is -2.52. The minimum absolute atomic E-state index is 1.12. The first-order chi connectivity index (χ1) is 7.31. The molecule has 2 fully saturated rings. The van der Waals surface area contributed by atoms with Gasteiger partial charge < -0.3 is 14.7 Å². The Morgan fingerprint density at radius 3 is 1.93 bits per heavy atom. The summed E-state index contributed by atoms with van der Waals surface area (Å²) in [7, 11) is 4.11. The molecule has 0 N–H and O–H groups in total. The van der Waals surface area contributed by atoms with Gasteiger partial charge in [0.2, 0.25) is 0 Å². The zero-order chi connectivity index (χ0) is 10.7. The lowest BCUT2D eigenvalue weighted by atomic mass is 10.3. The van der Waals surface area contributed by atoms with E-state index < -0.39 is 0 Å². The number of aliphatic imine (C=N–C) groups is 1. The maximum Gasteiger partial charge on any atom is 0.196 e. The fourth-order valence-electron chi connectivity index (χ4n) is 2.41. The van der Waals surface area contributed by atoms with Crippen molar-refractivity contribution < 1.29 is 0 Å². The average Bonchev–Trinajstić information content (AvgIpc) is 2.75. The van der Waals surface area contributed by atoms with Crippen LogP contribution in [0.1, 0.15) is 12.8 Å². The third-order valence-corrected chi connectivity index (χ3v) is 3.38. The van der Waals surface area contributed by atoms with Gasteiger partial charge in [0, 0.05) is 46.3 Å². The molecule has 2 saturated heterocycles. The van der Waals surface area contributed by atoms with Gasteiger partial charge in [0.1, 0.15) is 0 Å². The predicted molar refractivity (Wildman–Crippen MR) is 63.2 cm³/mol. The average molecular weight is 210 g/mol. The molecule has 4 nitrogen and oxygen atoms in total. The van der Waals surface area contributed by atoms with Crippen LogP contribution in [0.5, 0.6) is 0 Å². The quantitative estimate of drug-likeness (QED) is 0.424. The number of guanidine groups is 1. The monoisotopic (exact) mass is 210 g/mol. The normalized spacial score (nSPS) is 25.1. The largest absolute Gasteiger partial charge is 0.343 e. The van der Waals surface area contributed by atoms with Crippen molar-refractivity contribution in [3.05, 3.63) is 0 Å². The Labute approximate surface area is 92.6 Å². The number of hydrogen-bond acceptors (Lipinski definition) is 2. The Hall–Kier alpha value is -0.770. The van der Waals surface area contributed by atoms with Crippen molar-refractivity contribution >= 4 is 5.96 Å². The maximum absolute atomic E-state index is 4.47. The molecule has 0 amide bonds. The van der Waals surface area contributed by atoms with Crippen LogP contribution in [-0.2, 0) is 0 Å². The Bertz CT molecular complexity index is 225. The second-order valence-corrected chi connectivity index (χ2v) is 4.51. The molecule has 0 atom stereocenters. The summed E-state index contributed by atoms with van der Waals surface area (Å²) in [6.07, 6.45) is 2.65. The molecule has 2 aliphatic rings. The van der Waals surface area contributed by atoms with E-state index >= 15 is 0 Å². The molecule has 0 radical (unpaired) electrons. The van der Waals surface area contributed by atoms with Crippen LogP contribution in [0.2, 0.25) is 0 Å². The molecule has 2 rings (SSSR count). The molecular weight excluding hydrogens is 188 g/mol. The summed E-state index contributed by atoms with van der Waals surface area (Å²) in [5.74, 6) is 1.22. The first-order valence-electron chi connectivity index (χ1n) is 5.96. The Morgan fingerprint density at radius 1 is 0.867 bits per heavy atom. The van der Waals surface area contributed by atoms with Crippen LogP contribution in [-0.4, -0.2) is 74.0 Å². The van der Waals surface area contributed by atoms with Crippen molar-refractivity contribution in [2.45, 2.75) is 12.8 Å². The van der Waals surface area contributed by atoms with Gasteiger partial charge in [-0.1, -0.05) is 0 Å². The van der Waals surface area contributed by atoms with Crippen LogP contribution in [0.3, 0.4) is 0 Å². The first-order valence-corrected chi connectivity index (χ1v) is 5.96. The van der Waals surface area contributed by atoms with Crippen molar-refractivity contribution in [3.8, 4) is 0 Å². The maximum atomic E-state index is 4.47. The zero-order valence-electron chi connectivity index (χ0n) is 9.95. The fourth-order valence-corrected chi connectivity index (χ4v) is 2.41. The third-order valence-electron chi connectivity index (χ3n) is 3.38.